The molecule has 1 heterocycles. The fourth-order valence-electron chi connectivity index (χ4n) is 1.39. The standard InChI is InChI=1S/C13H11FO3/c1-9-5-12(15)13(8-16-9)17-7-10-3-2-4-11(14)6-10/h2-6,8H,7H2,1H3. The van der Waals surface area contributed by atoms with Crippen molar-refractivity contribution in [1.82, 2.24) is 0 Å². The van der Waals surface area contributed by atoms with Gasteiger partial charge in [-0.1, -0.05) is 12.1 Å². The van der Waals surface area contributed by atoms with E-state index in [0.717, 1.165) is 0 Å². The van der Waals surface area contributed by atoms with Crippen molar-refractivity contribution in [1.29, 1.82) is 0 Å². The lowest BCUT2D eigenvalue weighted by atomic mass is 10.2. The quantitative estimate of drug-likeness (QED) is 0.819. The van der Waals surface area contributed by atoms with Gasteiger partial charge in [0.25, 0.3) is 0 Å². The number of hydrogen-bond donors (Lipinski definition) is 0. The van der Waals surface area contributed by atoms with Crippen LogP contribution in [0.25, 0.3) is 0 Å². The fraction of sp³-hybridized carbons (Fsp3) is 0.154. The normalized spacial score (nSPS) is 10.2. The lowest BCUT2D eigenvalue weighted by molar-refractivity contribution is 0.290. The van der Waals surface area contributed by atoms with Gasteiger partial charge in [-0.25, -0.2) is 4.39 Å². The highest BCUT2D eigenvalue weighted by molar-refractivity contribution is 5.19. The SMILES string of the molecule is Cc1cc(=O)c(OCc2cccc(F)c2)co1. The van der Waals surface area contributed by atoms with Gasteiger partial charge < -0.3 is 9.15 Å². The van der Waals surface area contributed by atoms with Crippen molar-refractivity contribution in [2.45, 2.75) is 13.5 Å². The van der Waals surface area contributed by atoms with Crippen molar-refractivity contribution >= 4 is 0 Å². The topological polar surface area (TPSA) is 39.4 Å². The van der Waals surface area contributed by atoms with Crippen LogP contribution in [-0.4, -0.2) is 0 Å². The zero-order chi connectivity index (χ0) is 12.3. The molecule has 0 amide bonds. The number of hydrogen-bond acceptors (Lipinski definition) is 3. The molecule has 0 aliphatic rings. The van der Waals surface area contributed by atoms with Crippen molar-refractivity contribution in [3.8, 4) is 5.75 Å². The minimum atomic E-state index is -0.331. The average molecular weight is 234 g/mol. The number of halogens is 1. The van der Waals surface area contributed by atoms with Crippen LogP contribution in [0.5, 0.6) is 5.75 Å². The first-order chi connectivity index (χ1) is 8.15. The van der Waals surface area contributed by atoms with E-state index in [1.54, 1.807) is 19.1 Å². The van der Waals surface area contributed by atoms with Gasteiger partial charge >= 0.3 is 0 Å². The van der Waals surface area contributed by atoms with Crippen LogP contribution in [0.4, 0.5) is 4.39 Å². The summed E-state index contributed by atoms with van der Waals surface area (Å²) in [5, 5.41) is 0. The van der Waals surface area contributed by atoms with E-state index < -0.39 is 0 Å². The van der Waals surface area contributed by atoms with Gasteiger partial charge in [-0.2, -0.15) is 0 Å². The third kappa shape index (κ3) is 2.93. The molecule has 1 aromatic heterocycles. The van der Waals surface area contributed by atoms with Gasteiger partial charge in [0.2, 0.25) is 11.2 Å². The summed E-state index contributed by atoms with van der Waals surface area (Å²) >= 11 is 0. The molecule has 0 saturated heterocycles. The largest absolute Gasteiger partial charge is 0.482 e. The zero-order valence-electron chi connectivity index (χ0n) is 9.27. The van der Waals surface area contributed by atoms with Gasteiger partial charge in [0.05, 0.1) is 0 Å². The van der Waals surface area contributed by atoms with Gasteiger partial charge in [-0.15, -0.1) is 0 Å². The Bertz CT molecular complexity index is 575. The van der Waals surface area contributed by atoms with Gasteiger partial charge in [-0.3, -0.25) is 4.79 Å². The minimum absolute atomic E-state index is 0.125. The number of benzene rings is 1. The molecule has 17 heavy (non-hydrogen) atoms. The molecule has 4 heteroatoms. The van der Waals surface area contributed by atoms with E-state index in [1.165, 1.54) is 24.5 Å². The second-order valence-electron chi connectivity index (χ2n) is 3.64. The molecule has 0 radical (unpaired) electrons. The van der Waals surface area contributed by atoms with Gasteiger partial charge in [-0.05, 0) is 24.6 Å². The summed E-state index contributed by atoms with van der Waals surface area (Å²) in [5.74, 6) is 0.315. The van der Waals surface area contributed by atoms with E-state index in [4.69, 9.17) is 9.15 Å². The second-order valence-corrected chi connectivity index (χ2v) is 3.64. The van der Waals surface area contributed by atoms with Crippen LogP contribution in [-0.2, 0) is 6.61 Å². The Morgan fingerprint density at radius 3 is 2.88 bits per heavy atom. The van der Waals surface area contributed by atoms with Crippen LogP contribution in [0.3, 0.4) is 0 Å². The Balaban J connectivity index is 2.10. The lowest BCUT2D eigenvalue weighted by Crippen LogP contribution is -2.07. The molecule has 88 valence electrons. The molecule has 1 aromatic carbocycles. The molecule has 0 aliphatic carbocycles. The molecule has 3 nitrogen and oxygen atoms in total. The Hall–Kier alpha value is -2.10. The highest BCUT2D eigenvalue weighted by atomic mass is 19.1. The second kappa shape index (κ2) is 4.82. The van der Waals surface area contributed by atoms with Crippen LogP contribution < -0.4 is 10.2 Å². The van der Waals surface area contributed by atoms with E-state index in [1.807, 2.05) is 0 Å². The molecule has 0 spiro atoms. The van der Waals surface area contributed by atoms with Crippen molar-refractivity contribution < 1.29 is 13.5 Å². The molecule has 0 atom stereocenters. The van der Waals surface area contributed by atoms with Crippen LogP contribution in [0.15, 0.2) is 45.8 Å². The average Bonchev–Trinajstić information content (AvgIpc) is 2.28. The molecular weight excluding hydrogens is 223 g/mol. The zero-order valence-corrected chi connectivity index (χ0v) is 9.27. The maximum absolute atomic E-state index is 12.9. The van der Waals surface area contributed by atoms with E-state index in [-0.39, 0.29) is 23.6 Å². The monoisotopic (exact) mass is 234 g/mol. The summed E-state index contributed by atoms with van der Waals surface area (Å²) in [6.45, 7) is 1.81. The predicted octanol–water partition coefficient (Wildman–Crippen LogP) is 2.67. The molecule has 0 unspecified atom stereocenters. The maximum Gasteiger partial charge on any atom is 0.226 e. The number of rotatable bonds is 3. The smallest absolute Gasteiger partial charge is 0.226 e. The summed E-state index contributed by atoms with van der Waals surface area (Å²) in [4.78, 5) is 11.5. The van der Waals surface area contributed by atoms with Gasteiger partial charge in [0, 0.05) is 6.07 Å². The molecule has 2 rings (SSSR count). The third-order valence-electron chi connectivity index (χ3n) is 2.21. The molecule has 0 saturated carbocycles. The van der Waals surface area contributed by atoms with Crippen LogP contribution in [0.2, 0.25) is 0 Å². The van der Waals surface area contributed by atoms with Crippen molar-refractivity contribution in [2.75, 3.05) is 0 Å². The summed E-state index contributed by atoms with van der Waals surface area (Å²) < 4.78 is 23.2. The maximum atomic E-state index is 12.9. The Morgan fingerprint density at radius 1 is 1.35 bits per heavy atom. The summed E-state index contributed by atoms with van der Waals surface area (Å²) in [6.07, 6.45) is 1.26. The molecule has 2 aromatic rings. The highest BCUT2D eigenvalue weighted by Crippen LogP contribution is 2.09. The van der Waals surface area contributed by atoms with Crippen molar-refractivity contribution in [3.05, 3.63) is 64.0 Å². The number of ether oxygens (including phenoxy) is 1. The lowest BCUT2D eigenvalue weighted by Gasteiger charge is -2.05. The Kier molecular flexibility index (Phi) is 3.23. The van der Waals surface area contributed by atoms with Gasteiger partial charge in [0.15, 0.2) is 0 Å². The fourth-order valence-corrected chi connectivity index (χ4v) is 1.39. The molecular formula is C13H11FO3. The van der Waals surface area contributed by atoms with Crippen LogP contribution in [0, 0.1) is 12.7 Å². The van der Waals surface area contributed by atoms with E-state index in [2.05, 4.69) is 0 Å². The van der Waals surface area contributed by atoms with Crippen LogP contribution >= 0.6 is 0 Å². The van der Waals surface area contributed by atoms with Crippen LogP contribution in [0.1, 0.15) is 11.3 Å². The number of aryl methyl sites for hydroxylation is 1. The summed E-state index contributed by atoms with van der Waals surface area (Å²) in [6, 6.07) is 7.37. The molecule has 0 fully saturated rings. The predicted molar refractivity (Wildman–Crippen MR) is 60.4 cm³/mol. The molecule has 0 bridgehead atoms. The summed E-state index contributed by atoms with van der Waals surface area (Å²) in [7, 11) is 0. The summed E-state index contributed by atoms with van der Waals surface area (Å²) in [5.41, 5.74) is 0.412. The van der Waals surface area contributed by atoms with E-state index in [0.29, 0.717) is 11.3 Å². The van der Waals surface area contributed by atoms with Crippen molar-refractivity contribution in [3.63, 3.8) is 0 Å². The Labute approximate surface area is 97.5 Å². The first-order valence-corrected chi connectivity index (χ1v) is 5.12. The van der Waals surface area contributed by atoms with Gasteiger partial charge in [0.1, 0.15) is 24.4 Å². The highest BCUT2D eigenvalue weighted by Gasteiger charge is 2.03. The molecule has 0 aliphatic heterocycles. The van der Waals surface area contributed by atoms with E-state index >= 15 is 0 Å². The minimum Gasteiger partial charge on any atom is -0.482 e. The van der Waals surface area contributed by atoms with E-state index in [9.17, 15) is 9.18 Å². The Morgan fingerprint density at radius 2 is 2.18 bits per heavy atom. The first kappa shape index (κ1) is 11.4. The first-order valence-electron chi connectivity index (χ1n) is 5.12. The molecule has 0 N–H and O–H groups in total. The third-order valence-corrected chi connectivity index (χ3v) is 2.21. The van der Waals surface area contributed by atoms with Crippen molar-refractivity contribution in [2.24, 2.45) is 0 Å².